The highest BCUT2D eigenvalue weighted by Crippen LogP contribution is 2.45. The lowest BCUT2D eigenvalue weighted by Crippen LogP contribution is -2.63. The van der Waals surface area contributed by atoms with Crippen LogP contribution in [-0.2, 0) is 0 Å². The molecule has 284 valence electrons. The van der Waals surface area contributed by atoms with Gasteiger partial charge < -0.3 is 31.3 Å². The van der Waals surface area contributed by atoms with E-state index in [1.54, 1.807) is 36.4 Å². The molecular weight excluding hydrogens is 688 g/mol. The average molecular weight is 737 g/mol. The van der Waals surface area contributed by atoms with Gasteiger partial charge in [-0.15, -0.1) is 0 Å². The van der Waals surface area contributed by atoms with Crippen molar-refractivity contribution in [3.05, 3.63) is 70.8 Å². The first-order chi connectivity index (χ1) is 25.1. The summed E-state index contributed by atoms with van der Waals surface area (Å²) in [4.78, 5) is 53.9. The van der Waals surface area contributed by atoms with Crippen LogP contribution in [0.3, 0.4) is 0 Å². The quantitative estimate of drug-likeness (QED) is 0.0759. The zero-order chi connectivity index (χ0) is 39.4. The van der Waals surface area contributed by atoms with Gasteiger partial charge in [0.1, 0.15) is 0 Å². The number of carboxylic acid groups (broad SMARTS) is 2. The van der Waals surface area contributed by atoms with Gasteiger partial charge in [0.05, 0.1) is 11.1 Å². The molecule has 0 atom stereocenters. The first-order valence-corrected chi connectivity index (χ1v) is 18.3. The highest BCUT2D eigenvalue weighted by atomic mass is 16.5. The van der Waals surface area contributed by atoms with E-state index in [1.807, 2.05) is 55.4 Å². The standard InChI is InChI=1S/C42H48N4O8/c1-39(2)17-21(18-40(3,4)45(39)53)43-35(47)27-13-9-23-25-11-15-29(37(49)50)34-30(38(51)52)16-12-26(32(25)34)24-10-14-28(33(27)31(23)24)36(48)44-22-19-41(5,6)46(54)42(7,8)20-22/h9-16,21-22,53-54H,17-20H2,1-8H3,(H,43,47)(H,44,48)(H,49,50)(H,51,52). The molecule has 2 amide bonds. The zero-order valence-corrected chi connectivity index (χ0v) is 31.9. The molecule has 12 heteroatoms. The molecular formula is C42H48N4O8. The second-order valence-electron chi connectivity index (χ2n) is 17.8. The number of piperidine rings is 2. The van der Waals surface area contributed by atoms with E-state index >= 15 is 0 Å². The van der Waals surface area contributed by atoms with Gasteiger partial charge in [0.25, 0.3) is 11.8 Å². The number of carbonyl (C=O) groups is 4. The Bertz CT molecular complexity index is 2220. The number of amides is 2. The Kier molecular flexibility index (Phi) is 8.54. The van der Waals surface area contributed by atoms with Crippen LogP contribution in [0.15, 0.2) is 48.5 Å². The Balaban J connectivity index is 1.45. The van der Waals surface area contributed by atoms with Crippen molar-refractivity contribution in [1.82, 2.24) is 20.8 Å². The molecule has 2 aliphatic heterocycles. The number of hydroxylamine groups is 4. The minimum Gasteiger partial charge on any atom is -0.478 e. The van der Waals surface area contributed by atoms with E-state index < -0.39 is 34.1 Å². The van der Waals surface area contributed by atoms with Crippen LogP contribution in [-0.4, -0.2) is 88.7 Å². The van der Waals surface area contributed by atoms with Crippen LogP contribution in [0.2, 0.25) is 0 Å². The first-order valence-electron chi connectivity index (χ1n) is 18.3. The van der Waals surface area contributed by atoms with Crippen molar-refractivity contribution >= 4 is 66.8 Å². The fourth-order valence-electron chi connectivity index (χ4n) is 9.89. The number of aromatic carboxylic acids is 2. The maximum atomic E-state index is 14.5. The minimum atomic E-state index is -1.26. The largest absolute Gasteiger partial charge is 0.478 e. The number of nitrogens with zero attached hydrogens (tertiary/aromatic N) is 2. The summed E-state index contributed by atoms with van der Waals surface area (Å²) >= 11 is 0. The van der Waals surface area contributed by atoms with E-state index in [9.17, 15) is 39.8 Å². The summed E-state index contributed by atoms with van der Waals surface area (Å²) < 4.78 is 0. The van der Waals surface area contributed by atoms with Crippen LogP contribution >= 0.6 is 0 Å². The number of carboxylic acids is 2. The third kappa shape index (κ3) is 5.83. The molecule has 2 fully saturated rings. The average Bonchev–Trinajstić information content (AvgIpc) is 3.06. The number of fused-ring (bicyclic) bond motifs is 2. The maximum Gasteiger partial charge on any atom is 0.336 e. The summed E-state index contributed by atoms with van der Waals surface area (Å²) in [6.07, 6.45) is 1.93. The number of hydrogen-bond acceptors (Lipinski definition) is 8. The first kappa shape index (κ1) is 37.4. The number of hydrogen-bond donors (Lipinski definition) is 6. The molecule has 0 saturated carbocycles. The minimum absolute atomic E-state index is 0.105. The van der Waals surface area contributed by atoms with Gasteiger partial charge in [-0.25, -0.2) is 9.59 Å². The van der Waals surface area contributed by atoms with Crippen LogP contribution in [0.4, 0.5) is 0 Å². The maximum absolute atomic E-state index is 14.5. The summed E-state index contributed by atoms with van der Waals surface area (Å²) in [7, 11) is 0. The molecule has 0 radical (unpaired) electrons. The molecule has 7 rings (SSSR count). The number of benzene rings is 5. The van der Waals surface area contributed by atoms with Crippen LogP contribution < -0.4 is 10.6 Å². The summed E-state index contributed by atoms with van der Waals surface area (Å²) in [6, 6.07) is 12.4. The molecule has 5 aromatic rings. The van der Waals surface area contributed by atoms with Crippen molar-refractivity contribution < 1.29 is 39.8 Å². The smallest absolute Gasteiger partial charge is 0.336 e. The molecule has 5 aromatic carbocycles. The van der Waals surface area contributed by atoms with Crippen molar-refractivity contribution in [3.63, 3.8) is 0 Å². The van der Waals surface area contributed by atoms with Crippen molar-refractivity contribution in [2.24, 2.45) is 0 Å². The van der Waals surface area contributed by atoms with Gasteiger partial charge in [-0.05, 0) is 138 Å². The fourth-order valence-corrected chi connectivity index (χ4v) is 9.89. The normalized spacial score (nSPS) is 20.5. The van der Waals surface area contributed by atoms with Crippen molar-refractivity contribution in [2.45, 2.75) is 115 Å². The molecule has 2 aliphatic rings. The predicted molar refractivity (Wildman–Crippen MR) is 206 cm³/mol. The monoisotopic (exact) mass is 736 g/mol. The lowest BCUT2D eigenvalue weighted by atomic mass is 9.78. The van der Waals surface area contributed by atoms with Crippen LogP contribution in [0.1, 0.15) is 123 Å². The molecule has 0 bridgehead atoms. The van der Waals surface area contributed by atoms with Gasteiger partial charge in [0.15, 0.2) is 0 Å². The Morgan fingerprint density at radius 2 is 0.741 bits per heavy atom. The summed E-state index contributed by atoms with van der Waals surface area (Å²) in [5.41, 5.74) is -2.22. The summed E-state index contributed by atoms with van der Waals surface area (Å²) in [5, 5.41) is 55.2. The number of nitrogens with one attached hydrogen (secondary N) is 2. The second kappa shape index (κ2) is 12.3. The molecule has 54 heavy (non-hydrogen) atoms. The zero-order valence-electron chi connectivity index (χ0n) is 31.9. The lowest BCUT2D eigenvalue weighted by Gasteiger charge is -2.51. The Hall–Kier alpha value is -4.88. The molecule has 2 heterocycles. The summed E-state index contributed by atoms with van der Waals surface area (Å²) in [6.45, 7) is 15.4. The highest BCUT2D eigenvalue weighted by molar-refractivity contribution is 6.38. The molecule has 0 aromatic heterocycles. The second-order valence-corrected chi connectivity index (χ2v) is 17.8. The van der Waals surface area contributed by atoms with Crippen LogP contribution in [0.25, 0.3) is 43.1 Å². The third-order valence-electron chi connectivity index (χ3n) is 11.8. The number of rotatable bonds is 6. The molecule has 0 unspecified atom stereocenters. The van der Waals surface area contributed by atoms with Crippen molar-refractivity contribution in [2.75, 3.05) is 0 Å². The molecule has 12 nitrogen and oxygen atoms in total. The predicted octanol–water partition coefficient (Wildman–Crippen LogP) is 7.41. The Morgan fingerprint density at radius 1 is 0.481 bits per heavy atom. The van der Waals surface area contributed by atoms with E-state index in [4.69, 9.17) is 0 Å². The molecule has 6 N–H and O–H groups in total. The Labute approximate surface area is 313 Å². The third-order valence-corrected chi connectivity index (χ3v) is 11.8. The van der Waals surface area contributed by atoms with E-state index in [0.29, 0.717) is 63.4 Å². The highest BCUT2D eigenvalue weighted by Gasteiger charge is 2.47. The van der Waals surface area contributed by atoms with Gasteiger partial charge in [-0.3, -0.25) is 9.59 Å². The van der Waals surface area contributed by atoms with E-state index in [1.165, 1.54) is 22.3 Å². The van der Waals surface area contributed by atoms with Gasteiger partial charge in [0, 0.05) is 56.1 Å². The van der Waals surface area contributed by atoms with Crippen molar-refractivity contribution in [1.29, 1.82) is 0 Å². The van der Waals surface area contributed by atoms with Crippen molar-refractivity contribution in [3.8, 4) is 0 Å². The van der Waals surface area contributed by atoms with Gasteiger partial charge in [0.2, 0.25) is 0 Å². The van der Waals surface area contributed by atoms with Gasteiger partial charge in [-0.1, -0.05) is 24.3 Å². The molecule has 0 spiro atoms. The number of carbonyl (C=O) groups excluding carboxylic acids is 2. The fraction of sp³-hybridized carbons (Fsp3) is 0.429. The van der Waals surface area contributed by atoms with Gasteiger partial charge >= 0.3 is 11.9 Å². The van der Waals surface area contributed by atoms with E-state index in [2.05, 4.69) is 10.6 Å². The van der Waals surface area contributed by atoms with Crippen LogP contribution in [0.5, 0.6) is 0 Å². The summed E-state index contributed by atoms with van der Waals surface area (Å²) in [5.74, 6) is -3.28. The van der Waals surface area contributed by atoms with E-state index in [0.717, 1.165) is 0 Å². The van der Waals surface area contributed by atoms with Crippen LogP contribution in [0, 0.1) is 0 Å². The molecule has 0 aliphatic carbocycles. The van der Waals surface area contributed by atoms with E-state index in [-0.39, 0.29) is 51.5 Å². The topological polar surface area (TPSA) is 180 Å². The molecule has 2 saturated heterocycles. The Morgan fingerprint density at radius 3 is 1.02 bits per heavy atom. The SMILES string of the molecule is CC1(C)CC(NC(=O)c2ccc3c4ccc(C(=O)O)c5c(C(=O)O)ccc(c6ccc(C(=O)NC7CC(C)(C)N(O)C(C)(C)C7)c2c36)c54)CC(C)(C)N1O. The van der Waals surface area contributed by atoms with Gasteiger partial charge in [-0.2, -0.15) is 10.1 Å². The lowest BCUT2D eigenvalue weighted by molar-refractivity contribution is -0.245.